The molecule has 2 unspecified atom stereocenters. The topological polar surface area (TPSA) is 78.2 Å². The smallest absolute Gasteiger partial charge is 0.255 e. The number of nitrogens with zero attached hydrogens (tertiary/aromatic N) is 3. The van der Waals surface area contributed by atoms with E-state index in [1.807, 2.05) is 42.5 Å². The van der Waals surface area contributed by atoms with Gasteiger partial charge < -0.3 is 15.0 Å². The van der Waals surface area contributed by atoms with Gasteiger partial charge in [-0.05, 0) is 73.4 Å². The molecular formula is C27H28N4O2. The van der Waals surface area contributed by atoms with Gasteiger partial charge in [-0.15, -0.1) is 0 Å². The number of aryl methyl sites for hydroxylation is 1. The first-order chi connectivity index (χ1) is 16.0. The fraction of sp³-hybridized carbons (Fsp3) is 0.296. The van der Waals surface area contributed by atoms with Gasteiger partial charge in [-0.1, -0.05) is 25.1 Å². The first-order valence-corrected chi connectivity index (χ1v) is 11.3. The Kier molecular flexibility index (Phi) is 6.71. The number of pyridine rings is 1. The van der Waals surface area contributed by atoms with E-state index in [0.717, 1.165) is 42.0 Å². The highest BCUT2D eigenvalue weighted by Crippen LogP contribution is 2.27. The van der Waals surface area contributed by atoms with Crippen molar-refractivity contribution in [1.82, 2.24) is 4.98 Å². The lowest BCUT2D eigenvalue weighted by molar-refractivity contribution is -0.00545. The van der Waals surface area contributed by atoms with Crippen LogP contribution in [0.3, 0.4) is 0 Å². The van der Waals surface area contributed by atoms with Crippen molar-refractivity contribution in [3.8, 4) is 17.2 Å². The van der Waals surface area contributed by atoms with Crippen LogP contribution in [-0.2, 0) is 11.2 Å². The molecule has 0 radical (unpaired) electrons. The molecule has 3 aromatic rings. The highest BCUT2D eigenvalue weighted by molar-refractivity contribution is 6.05. The van der Waals surface area contributed by atoms with Crippen molar-refractivity contribution >= 4 is 17.4 Å². The summed E-state index contributed by atoms with van der Waals surface area (Å²) in [7, 11) is 0. The third kappa shape index (κ3) is 5.21. The van der Waals surface area contributed by atoms with Gasteiger partial charge in [-0.25, -0.2) is 4.98 Å². The van der Waals surface area contributed by atoms with Crippen LogP contribution in [0.4, 0.5) is 11.5 Å². The molecule has 1 saturated heterocycles. The third-order valence-corrected chi connectivity index (χ3v) is 5.83. The lowest BCUT2D eigenvalue weighted by atomic mass is 9.95. The summed E-state index contributed by atoms with van der Waals surface area (Å²) < 4.78 is 5.79. The molecule has 1 aromatic heterocycles. The molecule has 2 heterocycles. The molecule has 0 saturated carbocycles. The summed E-state index contributed by atoms with van der Waals surface area (Å²) >= 11 is 0. The first kappa shape index (κ1) is 22.5. The van der Waals surface area contributed by atoms with Crippen LogP contribution in [0.5, 0.6) is 0 Å². The SMILES string of the molecule is CCc1ccc(C(=O)Nc2ccc(N3CC(C)OC(C)C3)nc2)cc1-c1ccc(C#N)cc1. The fourth-order valence-corrected chi connectivity index (χ4v) is 4.23. The van der Waals surface area contributed by atoms with Crippen LogP contribution in [-0.4, -0.2) is 36.2 Å². The summed E-state index contributed by atoms with van der Waals surface area (Å²) in [5, 5.41) is 12.0. The van der Waals surface area contributed by atoms with Crippen molar-refractivity contribution in [3.05, 3.63) is 77.5 Å². The Labute approximate surface area is 194 Å². The molecule has 6 heteroatoms. The van der Waals surface area contributed by atoms with E-state index in [9.17, 15) is 4.79 Å². The number of carbonyl (C=O) groups excluding carboxylic acids is 1. The maximum atomic E-state index is 13.0. The summed E-state index contributed by atoms with van der Waals surface area (Å²) in [5.41, 5.74) is 4.97. The summed E-state index contributed by atoms with van der Waals surface area (Å²) in [5.74, 6) is 0.695. The molecule has 0 aliphatic carbocycles. The zero-order valence-corrected chi connectivity index (χ0v) is 19.2. The second-order valence-corrected chi connectivity index (χ2v) is 8.44. The van der Waals surface area contributed by atoms with Gasteiger partial charge in [-0.3, -0.25) is 4.79 Å². The van der Waals surface area contributed by atoms with Crippen LogP contribution in [0.1, 0.15) is 42.3 Å². The molecule has 0 bridgehead atoms. The number of rotatable bonds is 5. The zero-order valence-electron chi connectivity index (χ0n) is 19.2. The molecule has 1 N–H and O–H groups in total. The van der Waals surface area contributed by atoms with Crippen LogP contribution in [0.15, 0.2) is 60.8 Å². The van der Waals surface area contributed by atoms with Crippen LogP contribution in [0.25, 0.3) is 11.1 Å². The average Bonchev–Trinajstić information content (AvgIpc) is 2.83. The number of nitrogens with one attached hydrogen (secondary N) is 1. The lowest BCUT2D eigenvalue weighted by Gasteiger charge is -2.36. The molecule has 6 nitrogen and oxygen atoms in total. The Hall–Kier alpha value is -3.69. The number of ether oxygens (including phenoxy) is 1. The molecule has 1 aliphatic heterocycles. The molecular weight excluding hydrogens is 412 g/mol. The van der Waals surface area contributed by atoms with E-state index in [-0.39, 0.29) is 18.1 Å². The normalized spacial score (nSPS) is 17.9. The molecule has 1 aliphatic rings. The van der Waals surface area contributed by atoms with Crippen LogP contribution in [0, 0.1) is 11.3 Å². The van der Waals surface area contributed by atoms with Gasteiger partial charge in [-0.2, -0.15) is 5.26 Å². The van der Waals surface area contributed by atoms with Crippen molar-refractivity contribution in [1.29, 1.82) is 5.26 Å². The number of hydrogen-bond acceptors (Lipinski definition) is 5. The van der Waals surface area contributed by atoms with Crippen molar-refractivity contribution in [2.75, 3.05) is 23.3 Å². The monoisotopic (exact) mass is 440 g/mol. The molecule has 2 aromatic carbocycles. The Bertz CT molecular complexity index is 1160. The van der Waals surface area contributed by atoms with Gasteiger partial charge in [0.15, 0.2) is 0 Å². The van der Waals surface area contributed by atoms with Gasteiger partial charge in [0.2, 0.25) is 0 Å². The number of amides is 1. The van der Waals surface area contributed by atoms with Crippen LogP contribution >= 0.6 is 0 Å². The van der Waals surface area contributed by atoms with E-state index in [1.54, 1.807) is 18.3 Å². The average molecular weight is 441 g/mol. The van der Waals surface area contributed by atoms with Gasteiger partial charge in [0, 0.05) is 18.7 Å². The largest absolute Gasteiger partial charge is 0.372 e. The van der Waals surface area contributed by atoms with Crippen LogP contribution < -0.4 is 10.2 Å². The Balaban J connectivity index is 1.50. The summed E-state index contributed by atoms with van der Waals surface area (Å²) in [4.78, 5) is 19.7. The number of carbonyl (C=O) groups is 1. The standard InChI is InChI=1S/C27H28N4O2/c1-4-21-9-10-23(13-25(21)22-7-5-20(14-28)6-8-22)27(32)30-24-11-12-26(29-15-24)31-16-18(2)33-19(3)17-31/h5-13,15,18-19H,4,16-17H2,1-3H3,(H,30,32). The Morgan fingerprint density at radius 1 is 1.12 bits per heavy atom. The van der Waals surface area contributed by atoms with Gasteiger partial charge in [0.25, 0.3) is 5.91 Å². The maximum Gasteiger partial charge on any atom is 0.255 e. The van der Waals surface area contributed by atoms with E-state index in [2.05, 4.69) is 42.0 Å². The van der Waals surface area contributed by atoms with Crippen molar-refractivity contribution < 1.29 is 9.53 Å². The minimum Gasteiger partial charge on any atom is -0.372 e. The van der Waals surface area contributed by atoms with E-state index >= 15 is 0 Å². The number of anilines is 2. The Morgan fingerprint density at radius 2 is 1.85 bits per heavy atom. The van der Waals surface area contributed by atoms with Gasteiger partial charge in [0.1, 0.15) is 5.82 Å². The number of aromatic nitrogens is 1. The van der Waals surface area contributed by atoms with Crippen molar-refractivity contribution in [2.24, 2.45) is 0 Å². The lowest BCUT2D eigenvalue weighted by Crippen LogP contribution is -2.45. The molecule has 33 heavy (non-hydrogen) atoms. The molecule has 1 amide bonds. The number of morpholine rings is 1. The fourth-order valence-electron chi connectivity index (χ4n) is 4.23. The minimum atomic E-state index is -0.185. The maximum absolute atomic E-state index is 13.0. The molecule has 0 spiro atoms. The number of nitriles is 1. The predicted octanol–water partition coefficient (Wildman–Crippen LogP) is 5.05. The third-order valence-electron chi connectivity index (χ3n) is 5.83. The zero-order chi connectivity index (χ0) is 23.4. The molecule has 2 atom stereocenters. The molecule has 1 fully saturated rings. The number of benzene rings is 2. The second-order valence-electron chi connectivity index (χ2n) is 8.44. The van der Waals surface area contributed by atoms with E-state index in [1.165, 1.54) is 0 Å². The van der Waals surface area contributed by atoms with Crippen molar-refractivity contribution in [3.63, 3.8) is 0 Å². The van der Waals surface area contributed by atoms with Gasteiger partial charge in [0.05, 0.1) is 35.7 Å². The highest BCUT2D eigenvalue weighted by Gasteiger charge is 2.23. The predicted molar refractivity (Wildman–Crippen MR) is 130 cm³/mol. The Morgan fingerprint density at radius 3 is 2.45 bits per heavy atom. The van der Waals surface area contributed by atoms with E-state index in [0.29, 0.717) is 16.8 Å². The molecule has 4 rings (SSSR count). The van der Waals surface area contributed by atoms with Crippen LogP contribution in [0.2, 0.25) is 0 Å². The van der Waals surface area contributed by atoms with Crippen molar-refractivity contribution in [2.45, 2.75) is 39.4 Å². The number of hydrogen-bond donors (Lipinski definition) is 1. The minimum absolute atomic E-state index is 0.159. The van der Waals surface area contributed by atoms with Gasteiger partial charge >= 0.3 is 0 Å². The van der Waals surface area contributed by atoms with E-state index in [4.69, 9.17) is 10.00 Å². The summed E-state index contributed by atoms with van der Waals surface area (Å²) in [6.07, 6.45) is 2.86. The highest BCUT2D eigenvalue weighted by atomic mass is 16.5. The summed E-state index contributed by atoms with van der Waals surface area (Å²) in [6, 6.07) is 19.1. The first-order valence-electron chi connectivity index (χ1n) is 11.3. The summed E-state index contributed by atoms with van der Waals surface area (Å²) in [6.45, 7) is 7.81. The quantitative estimate of drug-likeness (QED) is 0.601. The molecule has 168 valence electrons. The van der Waals surface area contributed by atoms with E-state index < -0.39 is 0 Å². The second kappa shape index (κ2) is 9.85.